The molecule has 3 N–H and O–H groups in total. The number of carboxylic acids is 1. The number of rotatable bonds is 3. The Morgan fingerprint density at radius 1 is 1.39 bits per heavy atom. The molecule has 0 saturated carbocycles. The van der Waals surface area contributed by atoms with E-state index in [1.165, 1.54) is 12.1 Å². The third-order valence-corrected chi connectivity index (χ3v) is 4.78. The minimum atomic E-state index is -3.02. The van der Waals surface area contributed by atoms with E-state index in [2.05, 4.69) is 10.3 Å². The number of H-pyrrole nitrogens is 1. The zero-order chi connectivity index (χ0) is 16.6. The van der Waals surface area contributed by atoms with Crippen LogP contribution in [0.4, 0.5) is 8.78 Å². The number of ether oxygens (including phenoxy) is 1. The predicted molar refractivity (Wildman–Crippen MR) is 79.4 cm³/mol. The number of carbonyl (C=O) groups excluding carboxylic acids is 1. The summed E-state index contributed by atoms with van der Waals surface area (Å²) in [6.45, 7) is 0.137. The molecule has 1 saturated heterocycles. The number of thiophene rings is 1. The second-order valence-electron chi connectivity index (χ2n) is 5.31. The Bertz CT molecular complexity index is 724. The van der Waals surface area contributed by atoms with Gasteiger partial charge in [-0.15, -0.1) is 11.3 Å². The molecule has 1 aliphatic rings. The highest BCUT2D eigenvalue weighted by atomic mass is 32.1. The summed E-state index contributed by atoms with van der Waals surface area (Å²) in [7, 11) is 0. The van der Waals surface area contributed by atoms with Crippen molar-refractivity contribution in [3.8, 4) is 0 Å². The number of alkyl halides is 2. The van der Waals surface area contributed by atoms with Crippen molar-refractivity contribution in [2.45, 2.75) is 24.8 Å². The van der Waals surface area contributed by atoms with Crippen molar-refractivity contribution >= 4 is 33.4 Å². The van der Waals surface area contributed by atoms with Crippen molar-refractivity contribution in [1.29, 1.82) is 0 Å². The molecular formula is C14H14F2N2O4S. The largest absolute Gasteiger partial charge is 0.477 e. The lowest BCUT2D eigenvalue weighted by Crippen LogP contribution is -2.47. The molecular weight excluding hydrogens is 330 g/mol. The van der Waals surface area contributed by atoms with Crippen molar-refractivity contribution in [1.82, 2.24) is 10.3 Å². The van der Waals surface area contributed by atoms with Crippen molar-refractivity contribution in [3.63, 3.8) is 0 Å². The maximum atomic E-state index is 13.9. The topological polar surface area (TPSA) is 91.4 Å². The summed E-state index contributed by atoms with van der Waals surface area (Å²) in [6.07, 6.45) is -0.392. The van der Waals surface area contributed by atoms with Gasteiger partial charge in [-0.25, -0.2) is 13.6 Å². The van der Waals surface area contributed by atoms with Crippen LogP contribution in [0.5, 0.6) is 0 Å². The Labute approximate surface area is 133 Å². The molecule has 9 heteroatoms. The minimum Gasteiger partial charge on any atom is -0.477 e. The lowest BCUT2D eigenvalue weighted by molar-refractivity contribution is -0.0419. The summed E-state index contributed by atoms with van der Waals surface area (Å²) in [4.78, 5) is 26.0. The summed E-state index contributed by atoms with van der Waals surface area (Å²) < 4.78 is 33.5. The molecule has 2 aromatic rings. The van der Waals surface area contributed by atoms with E-state index in [1.807, 2.05) is 0 Å². The third-order valence-electron chi connectivity index (χ3n) is 3.71. The van der Waals surface area contributed by atoms with Crippen molar-refractivity contribution in [3.05, 3.63) is 22.7 Å². The number of halogens is 2. The first-order valence-corrected chi connectivity index (χ1v) is 7.81. The Morgan fingerprint density at radius 3 is 2.87 bits per heavy atom. The summed E-state index contributed by atoms with van der Waals surface area (Å²) in [5, 5.41) is 11.2. The summed E-state index contributed by atoms with van der Waals surface area (Å²) in [5.41, 5.74) is 0.623. The maximum Gasteiger partial charge on any atom is 0.345 e. The van der Waals surface area contributed by atoms with Gasteiger partial charge in [0.25, 0.3) is 11.8 Å². The molecule has 0 bridgehead atoms. The minimum absolute atomic E-state index is 0.0322. The fourth-order valence-corrected chi connectivity index (χ4v) is 3.36. The van der Waals surface area contributed by atoms with Crippen molar-refractivity contribution < 1.29 is 28.2 Å². The standard InChI is InChI=1S/C14H14F2N2O4S/c15-14(16)2-4-22-3-1-11(14)18-12(19)8-6-9-7(17-8)5-10(23-9)13(20)21/h5-6,11,17H,1-4H2,(H,18,19)(H,20,21). The van der Waals surface area contributed by atoms with Gasteiger partial charge in [0.2, 0.25) is 0 Å². The molecule has 0 radical (unpaired) electrons. The number of hydrogen-bond acceptors (Lipinski definition) is 4. The third kappa shape index (κ3) is 3.20. The first-order chi connectivity index (χ1) is 10.9. The van der Waals surface area contributed by atoms with E-state index in [9.17, 15) is 18.4 Å². The van der Waals surface area contributed by atoms with E-state index in [-0.39, 0.29) is 30.2 Å². The number of aromatic carboxylic acids is 1. The van der Waals surface area contributed by atoms with Crippen LogP contribution >= 0.6 is 11.3 Å². The van der Waals surface area contributed by atoms with Gasteiger partial charge in [-0.1, -0.05) is 0 Å². The molecule has 0 spiro atoms. The fraction of sp³-hybridized carbons (Fsp3) is 0.429. The number of carbonyl (C=O) groups is 2. The molecule has 0 aliphatic carbocycles. The normalized spacial score (nSPS) is 21.0. The smallest absolute Gasteiger partial charge is 0.345 e. The molecule has 3 heterocycles. The van der Waals surface area contributed by atoms with Crippen LogP contribution in [0.2, 0.25) is 0 Å². The highest BCUT2D eigenvalue weighted by Gasteiger charge is 2.41. The van der Waals surface area contributed by atoms with E-state index >= 15 is 0 Å². The number of hydrogen-bond donors (Lipinski definition) is 3. The molecule has 1 unspecified atom stereocenters. The van der Waals surface area contributed by atoms with Gasteiger partial charge < -0.3 is 20.1 Å². The van der Waals surface area contributed by atoms with E-state index < -0.39 is 30.3 Å². The average molecular weight is 344 g/mol. The first kappa shape index (κ1) is 15.9. The number of amides is 1. The van der Waals surface area contributed by atoms with Crippen LogP contribution in [0.25, 0.3) is 10.2 Å². The average Bonchev–Trinajstić information content (AvgIpc) is 2.99. The van der Waals surface area contributed by atoms with Gasteiger partial charge in [-0.2, -0.15) is 0 Å². The SMILES string of the molecule is O=C(NC1CCOCCC1(F)F)c1cc2sc(C(=O)O)cc2[nH]1. The second-order valence-corrected chi connectivity index (χ2v) is 6.40. The summed E-state index contributed by atoms with van der Waals surface area (Å²) in [6, 6.07) is 1.59. The van der Waals surface area contributed by atoms with Gasteiger partial charge in [0.1, 0.15) is 10.6 Å². The monoisotopic (exact) mass is 344 g/mol. The maximum absolute atomic E-state index is 13.9. The van der Waals surface area contributed by atoms with Gasteiger partial charge in [0.15, 0.2) is 0 Å². The van der Waals surface area contributed by atoms with Gasteiger partial charge in [-0.05, 0) is 18.6 Å². The van der Waals surface area contributed by atoms with Crippen molar-refractivity contribution in [2.24, 2.45) is 0 Å². The lowest BCUT2D eigenvalue weighted by Gasteiger charge is -2.24. The van der Waals surface area contributed by atoms with E-state index in [0.29, 0.717) is 10.2 Å². The van der Waals surface area contributed by atoms with Gasteiger partial charge in [-0.3, -0.25) is 4.79 Å². The molecule has 0 aromatic carbocycles. The number of carboxylic acid groups (broad SMARTS) is 1. The van der Waals surface area contributed by atoms with Gasteiger partial charge in [0.05, 0.1) is 22.9 Å². The molecule has 23 heavy (non-hydrogen) atoms. The van der Waals surface area contributed by atoms with Crippen LogP contribution in [0.3, 0.4) is 0 Å². The molecule has 6 nitrogen and oxygen atoms in total. The van der Waals surface area contributed by atoms with Crippen LogP contribution in [-0.2, 0) is 4.74 Å². The van der Waals surface area contributed by atoms with Crippen molar-refractivity contribution in [2.75, 3.05) is 13.2 Å². The fourth-order valence-electron chi connectivity index (χ4n) is 2.46. The van der Waals surface area contributed by atoms with Gasteiger partial charge >= 0.3 is 5.97 Å². The molecule has 3 rings (SSSR count). The van der Waals surface area contributed by atoms with Gasteiger partial charge in [0, 0.05) is 13.0 Å². The highest BCUT2D eigenvalue weighted by Crippen LogP contribution is 2.29. The molecule has 1 aliphatic heterocycles. The Morgan fingerprint density at radius 2 is 2.17 bits per heavy atom. The molecule has 2 aromatic heterocycles. The molecule has 1 fully saturated rings. The first-order valence-electron chi connectivity index (χ1n) is 6.99. The van der Waals surface area contributed by atoms with E-state index in [0.717, 1.165) is 11.3 Å². The number of aromatic amines is 1. The summed E-state index contributed by atoms with van der Waals surface area (Å²) in [5.74, 6) is -4.72. The van der Waals surface area contributed by atoms with Crippen LogP contribution in [0, 0.1) is 0 Å². The zero-order valence-electron chi connectivity index (χ0n) is 11.9. The lowest BCUT2D eigenvalue weighted by atomic mass is 10.0. The molecule has 124 valence electrons. The summed E-state index contributed by atoms with van der Waals surface area (Å²) >= 11 is 1.01. The van der Waals surface area contributed by atoms with Crippen LogP contribution in [0.15, 0.2) is 12.1 Å². The Balaban J connectivity index is 1.77. The number of aromatic nitrogens is 1. The van der Waals surface area contributed by atoms with E-state index in [4.69, 9.17) is 9.84 Å². The number of fused-ring (bicyclic) bond motifs is 1. The zero-order valence-corrected chi connectivity index (χ0v) is 12.7. The Hall–Kier alpha value is -2.00. The predicted octanol–water partition coefficient (Wildman–Crippen LogP) is 2.47. The van der Waals surface area contributed by atoms with Crippen LogP contribution in [-0.4, -0.2) is 47.1 Å². The molecule has 1 amide bonds. The van der Waals surface area contributed by atoms with Crippen LogP contribution < -0.4 is 5.32 Å². The quantitative estimate of drug-likeness (QED) is 0.798. The van der Waals surface area contributed by atoms with E-state index in [1.54, 1.807) is 0 Å². The second kappa shape index (κ2) is 5.89. The number of nitrogens with one attached hydrogen (secondary N) is 2. The van der Waals surface area contributed by atoms with Crippen LogP contribution in [0.1, 0.15) is 33.0 Å². The Kier molecular flexibility index (Phi) is 4.07. The molecule has 1 atom stereocenters. The highest BCUT2D eigenvalue weighted by molar-refractivity contribution is 7.20.